The summed E-state index contributed by atoms with van der Waals surface area (Å²) in [6.45, 7) is 2.99. The Balaban J connectivity index is 1.88. The zero-order chi connectivity index (χ0) is 22.4. The van der Waals surface area contributed by atoms with Gasteiger partial charge in [0.2, 0.25) is 0 Å². The number of furan rings is 1. The molecule has 7 heteroatoms. The fraction of sp³-hybridized carbons (Fsp3) is 0.250. The minimum Gasteiger partial charge on any atom is -0.459 e. The summed E-state index contributed by atoms with van der Waals surface area (Å²) in [5.74, 6) is -0.142. The fourth-order valence-corrected chi connectivity index (χ4v) is 3.58. The first kappa shape index (κ1) is 22.4. The lowest BCUT2D eigenvalue weighted by atomic mass is 10.1. The van der Waals surface area contributed by atoms with Crippen LogP contribution in [0.25, 0.3) is 0 Å². The summed E-state index contributed by atoms with van der Waals surface area (Å²) < 4.78 is 5.30. The zero-order valence-corrected chi connectivity index (χ0v) is 18.6. The van der Waals surface area contributed by atoms with Crippen LogP contribution >= 0.6 is 11.6 Å². The molecule has 162 valence electrons. The largest absolute Gasteiger partial charge is 0.459 e. The van der Waals surface area contributed by atoms with Crippen LogP contribution < -0.4 is 10.2 Å². The first-order valence-electron chi connectivity index (χ1n) is 10.1. The predicted octanol–water partition coefficient (Wildman–Crippen LogP) is 5.30. The summed E-state index contributed by atoms with van der Waals surface area (Å²) in [7, 11) is 3.89. The summed E-state index contributed by atoms with van der Waals surface area (Å²) in [6.07, 6.45) is 2.31. The molecule has 0 saturated carbocycles. The summed E-state index contributed by atoms with van der Waals surface area (Å²) in [5.41, 5.74) is 2.91. The zero-order valence-electron chi connectivity index (χ0n) is 17.9. The van der Waals surface area contributed by atoms with Gasteiger partial charge in [-0.2, -0.15) is 0 Å². The Morgan fingerprint density at radius 2 is 1.84 bits per heavy atom. The summed E-state index contributed by atoms with van der Waals surface area (Å²) in [5, 5.41) is 3.30. The number of halogens is 1. The van der Waals surface area contributed by atoms with Crippen molar-refractivity contribution in [2.75, 3.05) is 30.9 Å². The number of hydrogen-bond acceptors (Lipinski definition) is 4. The van der Waals surface area contributed by atoms with E-state index >= 15 is 0 Å². The average molecular weight is 440 g/mol. The molecule has 3 aromatic rings. The molecule has 3 rings (SSSR count). The number of amides is 2. The van der Waals surface area contributed by atoms with Gasteiger partial charge in [-0.15, -0.1) is 0 Å². The number of benzene rings is 2. The number of nitrogens with one attached hydrogen (secondary N) is 1. The second-order valence-corrected chi connectivity index (χ2v) is 7.78. The topological polar surface area (TPSA) is 65.8 Å². The third-order valence-corrected chi connectivity index (χ3v) is 5.14. The fourth-order valence-electron chi connectivity index (χ4n) is 3.35. The number of hydrogen-bond donors (Lipinski definition) is 1. The van der Waals surface area contributed by atoms with Crippen LogP contribution in [-0.4, -0.2) is 37.4 Å². The van der Waals surface area contributed by atoms with Crippen molar-refractivity contribution in [1.29, 1.82) is 0 Å². The van der Waals surface area contributed by atoms with E-state index in [1.807, 2.05) is 44.1 Å². The van der Waals surface area contributed by atoms with E-state index in [-0.39, 0.29) is 11.8 Å². The van der Waals surface area contributed by atoms with E-state index in [2.05, 4.69) is 5.32 Å². The second kappa shape index (κ2) is 10.2. The molecule has 6 nitrogen and oxygen atoms in total. The highest BCUT2D eigenvalue weighted by atomic mass is 35.5. The Morgan fingerprint density at radius 1 is 1.06 bits per heavy atom. The summed E-state index contributed by atoms with van der Waals surface area (Å²) in [4.78, 5) is 29.3. The predicted molar refractivity (Wildman–Crippen MR) is 124 cm³/mol. The molecule has 2 amide bonds. The molecule has 0 bridgehead atoms. The van der Waals surface area contributed by atoms with E-state index in [0.29, 0.717) is 35.1 Å². The van der Waals surface area contributed by atoms with E-state index in [9.17, 15) is 9.59 Å². The van der Waals surface area contributed by atoms with Crippen molar-refractivity contribution in [3.05, 3.63) is 82.8 Å². The van der Waals surface area contributed by atoms with E-state index in [4.69, 9.17) is 16.0 Å². The van der Waals surface area contributed by atoms with Crippen LogP contribution in [0.1, 0.15) is 39.8 Å². The molecule has 0 aliphatic carbocycles. The van der Waals surface area contributed by atoms with Crippen LogP contribution in [0.3, 0.4) is 0 Å². The normalized spacial score (nSPS) is 10.6. The Hall–Kier alpha value is -3.25. The standard InChI is InChI=1S/C24H26ClN3O3/c1-4-13-28(24(30)22-10-7-14-31-22)16-17-15-18(11-12-21(17)27(2)3)26-23(29)19-8-5-6-9-20(19)25/h5-12,14-15H,4,13,16H2,1-3H3,(H,26,29). The van der Waals surface area contributed by atoms with Gasteiger partial charge in [0.15, 0.2) is 5.76 Å². The monoisotopic (exact) mass is 439 g/mol. The van der Waals surface area contributed by atoms with Gasteiger partial charge in [-0.1, -0.05) is 30.7 Å². The van der Waals surface area contributed by atoms with Crippen LogP contribution in [0.15, 0.2) is 65.3 Å². The molecule has 0 unspecified atom stereocenters. The maximum Gasteiger partial charge on any atom is 0.289 e. The first-order chi connectivity index (χ1) is 14.9. The SMILES string of the molecule is CCCN(Cc1cc(NC(=O)c2ccccc2Cl)ccc1N(C)C)C(=O)c1ccco1. The highest BCUT2D eigenvalue weighted by Gasteiger charge is 2.20. The van der Waals surface area contributed by atoms with Gasteiger partial charge < -0.3 is 19.5 Å². The maximum absolute atomic E-state index is 12.9. The molecule has 1 heterocycles. The second-order valence-electron chi connectivity index (χ2n) is 7.38. The van der Waals surface area contributed by atoms with Crippen molar-refractivity contribution in [3.8, 4) is 0 Å². The molecule has 1 N–H and O–H groups in total. The van der Waals surface area contributed by atoms with Gasteiger partial charge in [-0.05, 0) is 54.4 Å². The van der Waals surface area contributed by atoms with E-state index in [0.717, 1.165) is 17.7 Å². The van der Waals surface area contributed by atoms with Crippen molar-refractivity contribution in [2.45, 2.75) is 19.9 Å². The first-order valence-corrected chi connectivity index (χ1v) is 10.5. The molecule has 2 aromatic carbocycles. The smallest absolute Gasteiger partial charge is 0.289 e. The van der Waals surface area contributed by atoms with Crippen LogP contribution in [-0.2, 0) is 6.54 Å². The molecule has 0 aliphatic heterocycles. The van der Waals surface area contributed by atoms with Crippen LogP contribution in [0.2, 0.25) is 5.02 Å². The molecule has 1 aromatic heterocycles. The Labute approximate surface area is 187 Å². The number of carbonyl (C=O) groups excluding carboxylic acids is 2. The van der Waals surface area contributed by atoms with Gasteiger partial charge in [-0.25, -0.2) is 0 Å². The van der Waals surface area contributed by atoms with Crippen molar-refractivity contribution < 1.29 is 14.0 Å². The van der Waals surface area contributed by atoms with Gasteiger partial charge in [0.25, 0.3) is 11.8 Å². The Morgan fingerprint density at radius 3 is 2.48 bits per heavy atom. The van der Waals surface area contributed by atoms with Gasteiger partial charge in [0.05, 0.1) is 16.8 Å². The van der Waals surface area contributed by atoms with Gasteiger partial charge in [-0.3, -0.25) is 9.59 Å². The van der Waals surface area contributed by atoms with Crippen LogP contribution in [0, 0.1) is 0 Å². The molecule has 0 radical (unpaired) electrons. The number of anilines is 2. The minimum atomic E-state index is -0.286. The summed E-state index contributed by atoms with van der Waals surface area (Å²) in [6, 6.07) is 15.9. The molecule has 31 heavy (non-hydrogen) atoms. The molecule has 0 saturated heterocycles. The number of nitrogens with zero attached hydrogens (tertiary/aromatic N) is 2. The van der Waals surface area contributed by atoms with Gasteiger partial charge in [0, 0.05) is 38.6 Å². The quantitative estimate of drug-likeness (QED) is 0.517. The van der Waals surface area contributed by atoms with Crippen molar-refractivity contribution in [1.82, 2.24) is 4.90 Å². The van der Waals surface area contributed by atoms with Crippen LogP contribution in [0.4, 0.5) is 11.4 Å². The van der Waals surface area contributed by atoms with E-state index < -0.39 is 0 Å². The molecular weight excluding hydrogens is 414 g/mol. The molecule has 0 fully saturated rings. The van der Waals surface area contributed by atoms with Gasteiger partial charge in [0.1, 0.15) is 0 Å². The van der Waals surface area contributed by atoms with Crippen molar-refractivity contribution in [3.63, 3.8) is 0 Å². The number of carbonyl (C=O) groups is 2. The highest BCUT2D eigenvalue weighted by molar-refractivity contribution is 6.34. The maximum atomic E-state index is 12.9. The molecular formula is C24H26ClN3O3. The lowest BCUT2D eigenvalue weighted by Crippen LogP contribution is -2.31. The van der Waals surface area contributed by atoms with Crippen LogP contribution in [0.5, 0.6) is 0 Å². The van der Waals surface area contributed by atoms with E-state index in [1.54, 1.807) is 41.3 Å². The molecule has 0 spiro atoms. The summed E-state index contributed by atoms with van der Waals surface area (Å²) >= 11 is 6.15. The van der Waals surface area contributed by atoms with E-state index in [1.165, 1.54) is 6.26 Å². The Bertz CT molecular complexity index is 1050. The molecule has 0 atom stereocenters. The lowest BCUT2D eigenvalue weighted by Gasteiger charge is -2.25. The number of rotatable bonds is 8. The average Bonchev–Trinajstić information content (AvgIpc) is 3.28. The van der Waals surface area contributed by atoms with Crippen molar-refractivity contribution >= 4 is 34.8 Å². The minimum absolute atomic E-state index is 0.165. The third-order valence-electron chi connectivity index (χ3n) is 4.81. The Kier molecular flexibility index (Phi) is 7.36. The lowest BCUT2D eigenvalue weighted by molar-refractivity contribution is 0.0711. The highest BCUT2D eigenvalue weighted by Crippen LogP contribution is 2.26. The van der Waals surface area contributed by atoms with Gasteiger partial charge >= 0.3 is 0 Å². The molecule has 0 aliphatic rings. The van der Waals surface area contributed by atoms with Crippen molar-refractivity contribution in [2.24, 2.45) is 0 Å². The third kappa shape index (κ3) is 5.47.